The molecule has 84 valence electrons. The molecule has 0 fully saturated rings. The number of aryl methyl sites for hydroxylation is 1. The number of carbonyl (C=O) groups is 1. The van der Waals surface area contributed by atoms with Crippen LogP contribution in [0.5, 0.6) is 0 Å². The van der Waals surface area contributed by atoms with Crippen molar-refractivity contribution in [2.24, 2.45) is 7.05 Å². The summed E-state index contributed by atoms with van der Waals surface area (Å²) in [7, 11) is 1.80. The second kappa shape index (κ2) is 6.22. The summed E-state index contributed by atoms with van der Waals surface area (Å²) in [6.07, 6.45) is 6.45. The number of amides is 1. The maximum absolute atomic E-state index is 11.5. The first-order chi connectivity index (χ1) is 7.24. The molecule has 1 amide bonds. The van der Waals surface area contributed by atoms with E-state index in [9.17, 15) is 4.79 Å². The van der Waals surface area contributed by atoms with E-state index in [1.807, 2.05) is 0 Å². The highest BCUT2D eigenvalue weighted by molar-refractivity contribution is 5.92. The van der Waals surface area contributed by atoms with Gasteiger partial charge in [-0.2, -0.15) is 5.10 Å². The van der Waals surface area contributed by atoms with Crippen LogP contribution in [0.25, 0.3) is 0 Å². The normalized spacial score (nSPS) is 10.3. The minimum Gasteiger partial charge on any atom is -0.351 e. The number of nitrogens with one attached hydrogen (secondary N) is 1. The van der Waals surface area contributed by atoms with Crippen LogP contribution in [0, 0.1) is 0 Å². The van der Waals surface area contributed by atoms with Crippen molar-refractivity contribution in [3.63, 3.8) is 0 Å². The van der Waals surface area contributed by atoms with Crippen molar-refractivity contribution >= 4 is 5.91 Å². The van der Waals surface area contributed by atoms with E-state index >= 15 is 0 Å². The van der Waals surface area contributed by atoms with E-state index in [-0.39, 0.29) is 5.91 Å². The van der Waals surface area contributed by atoms with Gasteiger partial charge in [-0.1, -0.05) is 26.2 Å². The van der Waals surface area contributed by atoms with Crippen molar-refractivity contribution in [1.29, 1.82) is 0 Å². The second-order valence-electron chi connectivity index (χ2n) is 3.69. The second-order valence-corrected chi connectivity index (χ2v) is 3.69. The molecule has 0 aromatic carbocycles. The Kier molecular flexibility index (Phi) is 4.87. The molecule has 0 aliphatic heterocycles. The molecule has 0 saturated heterocycles. The molecule has 0 aliphatic carbocycles. The van der Waals surface area contributed by atoms with Crippen molar-refractivity contribution in [3.8, 4) is 0 Å². The Morgan fingerprint density at radius 3 is 2.87 bits per heavy atom. The summed E-state index contributed by atoms with van der Waals surface area (Å²) in [5.41, 5.74) is 0.494. The molecule has 1 heterocycles. The Morgan fingerprint density at radius 1 is 1.47 bits per heavy atom. The number of carbonyl (C=O) groups excluding carboxylic acids is 1. The van der Waals surface area contributed by atoms with Crippen molar-refractivity contribution in [2.45, 2.75) is 32.6 Å². The summed E-state index contributed by atoms with van der Waals surface area (Å²) in [6.45, 7) is 2.92. The van der Waals surface area contributed by atoms with Gasteiger partial charge >= 0.3 is 0 Å². The monoisotopic (exact) mass is 209 g/mol. The average molecular weight is 209 g/mol. The first kappa shape index (κ1) is 11.8. The van der Waals surface area contributed by atoms with Crippen molar-refractivity contribution < 1.29 is 4.79 Å². The van der Waals surface area contributed by atoms with Gasteiger partial charge in [-0.3, -0.25) is 9.48 Å². The maximum Gasteiger partial charge on any atom is 0.271 e. The summed E-state index contributed by atoms with van der Waals surface area (Å²) in [5.74, 6) is -0.0768. The summed E-state index contributed by atoms with van der Waals surface area (Å²) in [4.78, 5) is 11.5. The summed E-state index contributed by atoms with van der Waals surface area (Å²) >= 11 is 0. The third-order valence-corrected chi connectivity index (χ3v) is 2.26. The van der Waals surface area contributed by atoms with Gasteiger partial charge in [0.1, 0.15) is 5.69 Å². The fraction of sp³-hybridized carbons (Fsp3) is 0.636. The van der Waals surface area contributed by atoms with Crippen LogP contribution in [0.1, 0.15) is 43.1 Å². The van der Waals surface area contributed by atoms with E-state index in [4.69, 9.17) is 0 Å². The average Bonchev–Trinajstić information content (AvgIpc) is 2.64. The Hall–Kier alpha value is -1.32. The smallest absolute Gasteiger partial charge is 0.271 e. The molecule has 1 N–H and O–H groups in total. The van der Waals surface area contributed by atoms with Crippen LogP contribution in [-0.4, -0.2) is 22.2 Å². The fourth-order valence-electron chi connectivity index (χ4n) is 1.38. The minimum absolute atomic E-state index is 0.0768. The fourth-order valence-corrected chi connectivity index (χ4v) is 1.38. The molecule has 0 atom stereocenters. The highest BCUT2D eigenvalue weighted by Gasteiger charge is 2.06. The molecule has 1 aromatic heterocycles. The van der Waals surface area contributed by atoms with Gasteiger partial charge in [0.05, 0.1) is 0 Å². The van der Waals surface area contributed by atoms with E-state index in [0.29, 0.717) is 5.69 Å². The molecule has 4 heteroatoms. The molecular weight excluding hydrogens is 190 g/mol. The number of nitrogens with zero attached hydrogens (tertiary/aromatic N) is 2. The minimum atomic E-state index is -0.0768. The highest BCUT2D eigenvalue weighted by Crippen LogP contribution is 1.98. The largest absolute Gasteiger partial charge is 0.351 e. The summed E-state index contributed by atoms with van der Waals surface area (Å²) in [5, 5.41) is 6.89. The number of unbranched alkanes of at least 4 members (excludes halogenated alkanes) is 3. The van der Waals surface area contributed by atoms with Crippen LogP contribution >= 0.6 is 0 Å². The zero-order chi connectivity index (χ0) is 11.1. The van der Waals surface area contributed by atoms with E-state index in [2.05, 4.69) is 17.3 Å². The van der Waals surface area contributed by atoms with Crippen LogP contribution in [0.2, 0.25) is 0 Å². The lowest BCUT2D eigenvalue weighted by molar-refractivity contribution is 0.0947. The van der Waals surface area contributed by atoms with Gasteiger partial charge in [0, 0.05) is 19.8 Å². The van der Waals surface area contributed by atoms with Crippen LogP contribution < -0.4 is 5.32 Å². The van der Waals surface area contributed by atoms with Crippen LogP contribution in [0.3, 0.4) is 0 Å². The van der Waals surface area contributed by atoms with Crippen molar-refractivity contribution in [2.75, 3.05) is 6.54 Å². The van der Waals surface area contributed by atoms with Crippen LogP contribution in [-0.2, 0) is 7.05 Å². The number of hydrogen-bond acceptors (Lipinski definition) is 2. The predicted octanol–water partition coefficient (Wildman–Crippen LogP) is 1.73. The molecule has 0 bridgehead atoms. The summed E-state index contributed by atoms with van der Waals surface area (Å²) in [6, 6.07) is 1.72. The Bertz CT molecular complexity index is 307. The van der Waals surface area contributed by atoms with E-state index in [1.165, 1.54) is 19.3 Å². The lowest BCUT2D eigenvalue weighted by Gasteiger charge is -2.02. The molecule has 15 heavy (non-hydrogen) atoms. The van der Waals surface area contributed by atoms with Gasteiger partial charge in [-0.05, 0) is 12.5 Å². The molecule has 0 aliphatic rings. The van der Waals surface area contributed by atoms with Crippen LogP contribution in [0.15, 0.2) is 12.3 Å². The molecule has 0 unspecified atom stereocenters. The van der Waals surface area contributed by atoms with E-state index < -0.39 is 0 Å². The Morgan fingerprint density at radius 2 is 2.27 bits per heavy atom. The standard InChI is InChI=1S/C11H19N3O/c1-3-4-5-6-8-12-11(15)10-7-9-14(2)13-10/h7,9H,3-6,8H2,1-2H3,(H,12,15). The Balaban J connectivity index is 2.19. The molecule has 0 spiro atoms. The zero-order valence-corrected chi connectivity index (χ0v) is 9.49. The topological polar surface area (TPSA) is 46.9 Å². The van der Waals surface area contributed by atoms with Gasteiger partial charge in [0.15, 0.2) is 0 Å². The number of aromatic nitrogens is 2. The van der Waals surface area contributed by atoms with E-state index in [0.717, 1.165) is 13.0 Å². The predicted molar refractivity (Wildman–Crippen MR) is 59.7 cm³/mol. The molecule has 0 radical (unpaired) electrons. The number of hydrogen-bond donors (Lipinski definition) is 1. The quantitative estimate of drug-likeness (QED) is 0.725. The lowest BCUT2D eigenvalue weighted by Crippen LogP contribution is -2.24. The molecular formula is C11H19N3O. The van der Waals surface area contributed by atoms with Gasteiger partial charge in [0.25, 0.3) is 5.91 Å². The molecule has 1 rings (SSSR count). The highest BCUT2D eigenvalue weighted by atomic mass is 16.1. The maximum atomic E-state index is 11.5. The van der Waals surface area contributed by atoms with Gasteiger partial charge in [-0.15, -0.1) is 0 Å². The molecule has 4 nitrogen and oxygen atoms in total. The van der Waals surface area contributed by atoms with Gasteiger partial charge < -0.3 is 5.32 Å². The third-order valence-electron chi connectivity index (χ3n) is 2.26. The molecule has 1 aromatic rings. The van der Waals surface area contributed by atoms with E-state index in [1.54, 1.807) is 24.0 Å². The van der Waals surface area contributed by atoms with Gasteiger partial charge in [-0.25, -0.2) is 0 Å². The zero-order valence-electron chi connectivity index (χ0n) is 9.49. The first-order valence-corrected chi connectivity index (χ1v) is 5.52. The van der Waals surface area contributed by atoms with Gasteiger partial charge in [0.2, 0.25) is 0 Å². The third kappa shape index (κ3) is 4.14. The number of rotatable bonds is 6. The van der Waals surface area contributed by atoms with Crippen LogP contribution in [0.4, 0.5) is 0 Å². The molecule has 0 saturated carbocycles. The first-order valence-electron chi connectivity index (χ1n) is 5.52. The van der Waals surface area contributed by atoms with Crippen molar-refractivity contribution in [1.82, 2.24) is 15.1 Å². The Labute approximate surface area is 90.7 Å². The van der Waals surface area contributed by atoms with Crippen molar-refractivity contribution in [3.05, 3.63) is 18.0 Å². The summed E-state index contributed by atoms with van der Waals surface area (Å²) < 4.78 is 1.63. The SMILES string of the molecule is CCCCCCNC(=O)c1ccn(C)n1. The lowest BCUT2D eigenvalue weighted by atomic mass is 10.2.